The number of hydrogen-bond donors (Lipinski definition) is 2. The number of nitrogens with zero attached hydrogens (tertiary/aromatic N) is 2. The Morgan fingerprint density at radius 1 is 1.30 bits per heavy atom. The zero-order valence-electron chi connectivity index (χ0n) is 11.7. The third kappa shape index (κ3) is 5.27. The van der Waals surface area contributed by atoms with Gasteiger partial charge < -0.3 is 5.73 Å². The third-order valence-electron chi connectivity index (χ3n) is 3.44. The number of likely N-dealkylation sites (tertiary alicyclic amines) is 1. The van der Waals surface area contributed by atoms with E-state index in [1.54, 1.807) is 6.21 Å². The maximum atomic E-state index is 5.32. The molecule has 0 saturated carbocycles. The Hall–Kier alpha value is -1.46. The molecule has 1 aliphatic rings. The first-order valence-electron chi connectivity index (χ1n) is 7.14. The maximum Gasteiger partial charge on any atom is 0.184 e. The van der Waals surface area contributed by atoms with Gasteiger partial charge in [0.15, 0.2) is 5.11 Å². The Morgan fingerprint density at radius 2 is 2.05 bits per heavy atom. The summed E-state index contributed by atoms with van der Waals surface area (Å²) in [6.07, 6.45) is 7.12. The lowest BCUT2D eigenvalue weighted by Crippen LogP contribution is -2.24. The lowest BCUT2D eigenvalue weighted by molar-refractivity contribution is 0.277. The summed E-state index contributed by atoms with van der Waals surface area (Å²) >= 11 is 4.70. The van der Waals surface area contributed by atoms with Gasteiger partial charge in [0.05, 0.1) is 6.21 Å². The zero-order valence-corrected chi connectivity index (χ0v) is 12.5. The van der Waals surface area contributed by atoms with Gasteiger partial charge in [-0.25, -0.2) is 0 Å². The Labute approximate surface area is 126 Å². The van der Waals surface area contributed by atoms with Crippen molar-refractivity contribution in [2.24, 2.45) is 10.8 Å². The van der Waals surface area contributed by atoms with Crippen molar-refractivity contribution in [2.45, 2.75) is 32.2 Å². The lowest BCUT2D eigenvalue weighted by atomic mass is 10.1. The smallest absolute Gasteiger partial charge is 0.184 e. The number of hydrogen-bond acceptors (Lipinski definition) is 3. The first kappa shape index (κ1) is 14.9. The van der Waals surface area contributed by atoms with E-state index in [0.29, 0.717) is 0 Å². The van der Waals surface area contributed by atoms with Crippen LogP contribution >= 0.6 is 12.2 Å². The SMILES string of the molecule is NC(=S)NN=Cc1cccc(CN2CCCCCC2)c1. The molecule has 2 rings (SSSR count). The molecule has 0 unspecified atom stereocenters. The number of benzene rings is 1. The molecule has 0 bridgehead atoms. The monoisotopic (exact) mass is 290 g/mol. The van der Waals surface area contributed by atoms with Gasteiger partial charge in [-0.3, -0.25) is 10.3 Å². The van der Waals surface area contributed by atoms with E-state index in [4.69, 9.17) is 18.0 Å². The van der Waals surface area contributed by atoms with Crippen molar-refractivity contribution >= 4 is 23.5 Å². The van der Waals surface area contributed by atoms with Crippen molar-refractivity contribution in [1.29, 1.82) is 0 Å². The molecule has 1 heterocycles. The van der Waals surface area contributed by atoms with Gasteiger partial charge in [-0.05, 0) is 55.3 Å². The molecule has 0 atom stereocenters. The molecule has 108 valence electrons. The van der Waals surface area contributed by atoms with Crippen molar-refractivity contribution in [3.05, 3.63) is 35.4 Å². The van der Waals surface area contributed by atoms with Crippen LogP contribution < -0.4 is 11.2 Å². The molecule has 1 fully saturated rings. The van der Waals surface area contributed by atoms with Crippen LogP contribution in [-0.2, 0) is 6.54 Å². The van der Waals surface area contributed by atoms with Gasteiger partial charge in [-0.2, -0.15) is 5.10 Å². The zero-order chi connectivity index (χ0) is 14.2. The van der Waals surface area contributed by atoms with E-state index in [-0.39, 0.29) is 5.11 Å². The second-order valence-electron chi connectivity index (χ2n) is 5.17. The third-order valence-corrected chi connectivity index (χ3v) is 3.54. The number of rotatable bonds is 4. The van der Waals surface area contributed by atoms with Gasteiger partial charge in [0.2, 0.25) is 0 Å². The molecule has 0 amide bonds. The minimum atomic E-state index is 0.182. The van der Waals surface area contributed by atoms with E-state index in [9.17, 15) is 0 Å². The summed E-state index contributed by atoms with van der Waals surface area (Å²) in [5.74, 6) is 0. The topological polar surface area (TPSA) is 53.6 Å². The normalized spacial score (nSPS) is 17.0. The Morgan fingerprint density at radius 3 is 2.75 bits per heavy atom. The van der Waals surface area contributed by atoms with E-state index in [2.05, 4.69) is 33.6 Å². The number of hydrazone groups is 1. The summed E-state index contributed by atoms with van der Waals surface area (Å²) in [5.41, 5.74) is 10.3. The van der Waals surface area contributed by atoms with Crippen molar-refractivity contribution in [3.63, 3.8) is 0 Å². The molecule has 0 spiro atoms. The summed E-state index contributed by atoms with van der Waals surface area (Å²) in [6.45, 7) is 3.44. The minimum absolute atomic E-state index is 0.182. The highest BCUT2D eigenvalue weighted by Gasteiger charge is 2.09. The van der Waals surface area contributed by atoms with Gasteiger partial charge in [0, 0.05) is 6.54 Å². The van der Waals surface area contributed by atoms with Crippen LogP contribution in [0.1, 0.15) is 36.8 Å². The number of nitrogens with one attached hydrogen (secondary N) is 1. The molecular formula is C15H22N4S. The van der Waals surface area contributed by atoms with Crippen molar-refractivity contribution in [1.82, 2.24) is 10.3 Å². The quantitative estimate of drug-likeness (QED) is 0.507. The van der Waals surface area contributed by atoms with Gasteiger partial charge in [-0.1, -0.05) is 31.0 Å². The van der Waals surface area contributed by atoms with Gasteiger partial charge in [-0.15, -0.1) is 0 Å². The lowest BCUT2D eigenvalue weighted by Gasteiger charge is -2.19. The molecular weight excluding hydrogens is 268 g/mol. The highest BCUT2D eigenvalue weighted by atomic mass is 32.1. The molecule has 1 aliphatic heterocycles. The first-order chi connectivity index (χ1) is 9.74. The highest BCUT2D eigenvalue weighted by Crippen LogP contribution is 2.13. The van der Waals surface area contributed by atoms with E-state index >= 15 is 0 Å². The van der Waals surface area contributed by atoms with Crippen LogP contribution in [0.15, 0.2) is 29.4 Å². The Kier molecular flexibility index (Phi) is 5.95. The van der Waals surface area contributed by atoms with Crippen LogP contribution in [0.25, 0.3) is 0 Å². The fraction of sp³-hybridized carbons (Fsp3) is 0.467. The van der Waals surface area contributed by atoms with Gasteiger partial charge in [0.25, 0.3) is 0 Å². The standard InChI is InChI=1S/C15H22N4S/c16-15(20)18-17-11-13-6-5-7-14(10-13)12-19-8-3-1-2-4-9-19/h5-7,10-11H,1-4,8-9,12H2,(H3,16,18,20). The van der Waals surface area contributed by atoms with Crippen molar-refractivity contribution in [3.8, 4) is 0 Å². The highest BCUT2D eigenvalue weighted by molar-refractivity contribution is 7.80. The second kappa shape index (κ2) is 7.97. The molecule has 1 aromatic rings. The van der Waals surface area contributed by atoms with Gasteiger partial charge in [0.1, 0.15) is 0 Å². The first-order valence-corrected chi connectivity index (χ1v) is 7.55. The maximum absolute atomic E-state index is 5.32. The van der Waals surface area contributed by atoms with Crippen LogP contribution in [0, 0.1) is 0 Å². The van der Waals surface area contributed by atoms with E-state index in [0.717, 1.165) is 12.1 Å². The minimum Gasteiger partial charge on any atom is -0.375 e. The summed E-state index contributed by atoms with van der Waals surface area (Å²) in [6, 6.07) is 8.42. The molecule has 0 radical (unpaired) electrons. The predicted octanol–water partition coefficient (Wildman–Crippen LogP) is 2.23. The van der Waals surface area contributed by atoms with Crippen molar-refractivity contribution < 1.29 is 0 Å². The average molecular weight is 290 g/mol. The molecule has 3 N–H and O–H groups in total. The average Bonchev–Trinajstić information content (AvgIpc) is 2.67. The molecule has 20 heavy (non-hydrogen) atoms. The van der Waals surface area contributed by atoms with E-state index in [1.165, 1.54) is 44.3 Å². The van der Waals surface area contributed by atoms with Crippen LogP contribution in [0.2, 0.25) is 0 Å². The van der Waals surface area contributed by atoms with Crippen LogP contribution in [0.3, 0.4) is 0 Å². The van der Waals surface area contributed by atoms with Crippen molar-refractivity contribution in [2.75, 3.05) is 13.1 Å². The Balaban J connectivity index is 1.94. The predicted molar refractivity (Wildman–Crippen MR) is 87.7 cm³/mol. The van der Waals surface area contributed by atoms with E-state index in [1.807, 2.05) is 6.07 Å². The number of thiocarbonyl (C=S) groups is 1. The summed E-state index contributed by atoms with van der Waals surface area (Å²) < 4.78 is 0. The Bertz CT molecular complexity index is 465. The molecule has 0 aromatic heterocycles. The number of nitrogens with two attached hydrogens (primary N) is 1. The molecule has 0 aliphatic carbocycles. The summed E-state index contributed by atoms with van der Waals surface area (Å²) in [7, 11) is 0. The van der Waals surface area contributed by atoms with Crippen LogP contribution in [0.5, 0.6) is 0 Å². The van der Waals surface area contributed by atoms with Crippen LogP contribution in [-0.4, -0.2) is 29.3 Å². The van der Waals surface area contributed by atoms with Gasteiger partial charge >= 0.3 is 0 Å². The molecule has 1 saturated heterocycles. The second-order valence-corrected chi connectivity index (χ2v) is 5.61. The molecule has 5 heteroatoms. The van der Waals surface area contributed by atoms with E-state index < -0.39 is 0 Å². The molecule has 1 aromatic carbocycles. The fourth-order valence-electron chi connectivity index (χ4n) is 2.49. The summed E-state index contributed by atoms with van der Waals surface area (Å²) in [4.78, 5) is 2.54. The van der Waals surface area contributed by atoms with Crippen LogP contribution in [0.4, 0.5) is 0 Å². The largest absolute Gasteiger partial charge is 0.375 e. The molecule has 4 nitrogen and oxygen atoms in total. The summed E-state index contributed by atoms with van der Waals surface area (Å²) in [5, 5.41) is 4.17. The fourth-order valence-corrected chi connectivity index (χ4v) is 2.55.